The predicted octanol–water partition coefficient (Wildman–Crippen LogP) is 3.03. The lowest BCUT2D eigenvalue weighted by Gasteiger charge is -2.11. The van der Waals surface area contributed by atoms with Crippen molar-refractivity contribution in [3.8, 4) is 0 Å². The lowest BCUT2D eigenvalue weighted by atomic mass is 10.1. The van der Waals surface area contributed by atoms with Gasteiger partial charge in [0, 0.05) is 12.2 Å². The Hall–Kier alpha value is -3.42. The summed E-state index contributed by atoms with van der Waals surface area (Å²) in [5.41, 5.74) is 1.82. The molecular formula is C19H19FN2O5. The third-order valence-corrected chi connectivity index (χ3v) is 3.78. The van der Waals surface area contributed by atoms with Crippen molar-refractivity contribution < 1.29 is 28.2 Å². The number of anilines is 1. The Bertz CT molecular complexity index is 848. The fraction of sp³-hybridized carbons (Fsp3) is 0.211. The van der Waals surface area contributed by atoms with Crippen LogP contribution in [0.3, 0.4) is 0 Å². The van der Waals surface area contributed by atoms with Crippen molar-refractivity contribution in [2.75, 3.05) is 19.5 Å². The molecule has 2 N–H and O–H groups in total. The fourth-order valence-corrected chi connectivity index (χ4v) is 2.35. The average molecular weight is 374 g/mol. The summed E-state index contributed by atoms with van der Waals surface area (Å²) in [7, 11) is 2.41. The van der Waals surface area contributed by atoms with Crippen molar-refractivity contribution in [1.29, 1.82) is 0 Å². The minimum atomic E-state index is -0.667. The lowest BCUT2D eigenvalue weighted by molar-refractivity contribution is 0.0599. The number of benzene rings is 2. The molecule has 27 heavy (non-hydrogen) atoms. The van der Waals surface area contributed by atoms with E-state index >= 15 is 0 Å². The highest BCUT2D eigenvalue weighted by Gasteiger charge is 2.15. The van der Waals surface area contributed by atoms with Crippen LogP contribution in [0.15, 0.2) is 36.4 Å². The number of methoxy groups -OCH3 is 2. The smallest absolute Gasteiger partial charge is 0.337 e. The number of hydrogen-bond donors (Lipinski definition) is 2. The summed E-state index contributed by atoms with van der Waals surface area (Å²) < 4.78 is 22.6. The summed E-state index contributed by atoms with van der Waals surface area (Å²) in [6.45, 7) is 1.91. The van der Waals surface area contributed by atoms with Gasteiger partial charge in [0.25, 0.3) is 0 Å². The molecule has 0 aromatic heterocycles. The summed E-state index contributed by atoms with van der Waals surface area (Å²) in [4.78, 5) is 35.6. The number of halogens is 1. The summed E-state index contributed by atoms with van der Waals surface area (Å²) >= 11 is 0. The Morgan fingerprint density at radius 2 is 1.56 bits per heavy atom. The van der Waals surface area contributed by atoms with E-state index < -0.39 is 23.8 Å². The first kappa shape index (κ1) is 19.9. The van der Waals surface area contributed by atoms with E-state index in [1.807, 2.05) is 0 Å². The number of carbonyl (C=O) groups is 3. The minimum absolute atomic E-state index is 0.0803. The number of rotatable bonds is 5. The molecule has 7 nitrogen and oxygen atoms in total. The molecule has 0 aliphatic heterocycles. The first-order valence-corrected chi connectivity index (χ1v) is 7.95. The number of esters is 2. The van der Waals surface area contributed by atoms with E-state index in [2.05, 4.69) is 20.1 Å². The maximum atomic E-state index is 13.3. The van der Waals surface area contributed by atoms with Crippen LogP contribution in [0.25, 0.3) is 0 Å². The van der Waals surface area contributed by atoms with Crippen LogP contribution in [0.2, 0.25) is 0 Å². The van der Waals surface area contributed by atoms with Gasteiger partial charge in [0.1, 0.15) is 5.82 Å². The number of amides is 2. The van der Waals surface area contributed by atoms with Gasteiger partial charge in [0.05, 0.1) is 25.3 Å². The van der Waals surface area contributed by atoms with Crippen molar-refractivity contribution >= 4 is 23.7 Å². The Kier molecular flexibility index (Phi) is 6.48. The predicted molar refractivity (Wildman–Crippen MR) is 96.1 cm³/mol. The van der Waals surface area contributed by atoms with E-state index in [4.69, 9.17) is 0 Å². The van der Waals surface area contributed by atoms with Crippen LogP contribution in [0.1, 0.15) is 31.8 Å². The zero-order valence-corrected chi connectivity index (χ0v) is 15.1. The van der Waals surface area contributed by atoms with E-state index in [1.54, 1.807) is 13.0 Å². The molecule has 0 bridgehead atoms. The highest BCUT2D eigenvalue weighted by molar-refractivity contribution is 5.99. The SMILES string of the molecule is COC(=O)c1cc(NC(=O)NCc2cc(F)ccc2C)cc(C(=O)OC)c1. The molecular weight excluding hydrogens is 355 g/mol. The molecule has 0 radical (unpaired) electrons. The van der Waals surface area contributed by atoms with Crippen LogP contribution in [-0.2, 0) is 16.0 Å². The summed E-state index contributed by atoms with van der Waals surface area (Å²) in [6, 6.07) is 7.74. The molecule has 0 atom stereocenters. The van der Waals surface area contributed by atoms with Gasteiger partial charge < -0.3 is 20.1 Å². The number of urea groups is 1. The van der Waals surface area contributed by atoms with Crippen molar-refractivity contribution in [2.24, 2.45) is 0 Å². The van der Waals surface area contributed by atoms with Gasteiger partial charge in [-0.1, -0.05) is 6.07 Å². The van der Waals surface area contributed by atoms with Crippen molar-refractivity contribution in [2.45, 2.75) is 13.5 Å². The topological polar surface area (TPSA) is 93.7 Å². The Morgan fingerprint density at radius 3 is 2.11 bits per heavy atom. The second-order valence-corrected chi connectivity index (χ2v) is 5.66. The van der Waals surface area contributed by atoms with Gasteiger partial charge in [-0.3, -0.25) is 0 Å². The first-order valence-electron chi connectivity index (χ1n) is 7.95. The monoisotopic (exact) mass is 374 g/mol. The van der Waals surface area contributed by atoms with Crippen molar-refractivity contribution in [3.05, 3.63) is 64.5 Å². The van der Waals surface area contributed by atoms with Gasteiger partial charge in [-0.25, -0.2) is 18.8 Å². The molecule has 0 aliphatic rings. The Morgan fingerprint density at radius 1 is 0.963 bits per heavy atom. The maximum Gasteiger partial charge on any atom is 0.337 e. The first-order chi connectivity index (χ1) is 12.8. The molecule has 0 heterocycles. The number of aryl methyl sites for hydroxylation is 1. The zero-order chi connectivity index (χ0) is 20.0. The van der Waals surface area contributed by atoms with E-state index in [9.17, 15) is 18.8 Å². The Labute approximate surface area is 155 Å². The summed E-state index contributed by atoms with van der Waals surface area (Å²) in [6.07, 6.45) is 0. The Balaban J connectivity index is 2.15. The molecule has 0 aliphatic carbocycles. The van der Waals surface area contributed by atoms with Gasteiger partial charge in [-0.15, -0.1) is 0 Å². The van der Waals surface area contributed by atoms with Crippen LogP contribution in [0.5, 0.6) is 0 Å². The van der Waals surface area contributed by atoms with E-state index in [-0.39, 0.29) is 23.4 Å². The highest BCUT2D eigenvalue weighted by Crippen LogP contribution is 2.17. The van der Waals surface area contributed by atoms with E-state index in [0.717, 1.165) is 5.56 Å². The van der Waals surface area contributed by atoms with E-state index in [1.165, 1.54) is 44.6 Å². The largest absolute Gasteiger partial charge is 0.465 e. The normalized spacial score (nSPS) is 10.1. The van der Waals surface area contributed by atoms with Gasteiger partial charge in [-0.2, -0.15) is 0 Å². The third-order valence-electron chi connectivity index (χ3n) is 3.78. The summed E-state index contributed by atoms with van der Waals surface area (Å²) in [5, 5.41) is 5.12. The van der Waals surface area contributed by atoms with Crippen molar-refractivity contribution in [1.82, 2.24) is 5.32 Å². The molecule has 0 spiro atoms. The number of carbonyl (C=O) groups excluding carboxylic acids is 3. The van der Waals surface area contributed by atoms with Gasteiger partial charge in [0.2, 0.25) is 0 Å². The van der Waals surface area contributed by atoms with Crippen LogP contribution >= 0.6 is 0 Å². The second-order valence-electron chi connectivity index (χ2n) is 5.66. The second kappa shape index (κ2) is 8.79. The van der Waals surface area contributed by atoms with Gasteiger partial charge >= 0.3 is 18.0 Å². The van der Waals surface area contributed by atoms with Gasteiger partial charge in [-0.05, 0) is 48.4 Å². The maximum absolute atomic E-state index is 13.3. The molecule has 0 saturated heterocycles. The molecule has 0 saturated carbocycles. The van der Waals surface area contributed by atoms with Crippen molar-refractivity contribution in [3.63, 3.8) is 0 Å². The average Bonchev–Trinajstić information content (AvgIpc) is 2.67. The molecule has 2 aromatic rings. The molecule has 2 amide bonds. The molecule has 2 rings (SSSR count). The number of hydrogen-bond acceptors (Lipinski definition) is 5. The lowest BCUT2D eigenvalue weighted by Crippen LogP contribution is -2.28. The molecule has 0 unspecified atom stereocenters. The third kappa shape index (κ3) is 5.27. The standard InChI is InChI=1S/C19H19FN2O5/c1-11-4-5-15(20)7-14(11)10-21-19(25)22-16-8-12(17(23)26-2)6-13(9-16)18(24)27-3/h4-9H,10H2,1-3H3,(H2,21,22,25). The van der Waals surface area contributed by atoms with Crippen LogP contribution in [0, 0.1) is 12.7 Å². The van der Waals surface area contributed by atoms with Gasteiger partial charge in [0.15, 0.2) is 0 Å². The van der Waals surface area contributed by atoms with Crippen LogP contribution < -0.4 is 10.6 Å². The molecule has 0 fully saturated rings. The number of ether oxygens (including phenoxy) is 2. The minimum Gasteiger partial charge on any atom is -0.465 e. The van der Waals surface area contributed by atoms with Crippen LogP contribution in [-0.4, -0.2) is 32.2 Å². The van der Waals surface area contributed by atoms with Crippen LogP contribution in [0.4, 0.5) is 14.9 Å². The molecule has 2 aromatic carbocycles. The highest BCUT2D eigenvalue weighted by atomic mass is 19.1. The van der Waals surface area contributed by atoms with E-state index in [0.29, 0.717) is 5.56 Å². The molecule has 142 valence electrons. The summed E-state index contributed by atoms with van der Waals surface area (Å²) in [5.74, 6) is -1.73. The molecule has 8 heteroatoms. The quantitative estimate of drug-likeness (QED) is 0.785. The number of nitrogens with one attached hydrogen (secondary N) is 2. The fourth-order valence-electron chi connectivity index (χ4n) is 2.35. The zero-order valence-electron chi connectivity index (χ0n) is 15.1.